The lowest BCUT2D eigenvalue weighted by Gasteiger charge is -2.24. The lowest BCUT2D eigenvalue weighted by Crippen LogP contribution is -2.33. The van der Waals surface area contributed by atoms with Crippen LogP contribution in [0, 0.1) is 0 Å². The van der Waals surface area contributed by atoms with E-state index in [0.717, 1.165) is 77.0 Å². The smallest absolute Gasteiger partial charge is 0.228 e. The number of aliphatic hydroxyl groups is 2. The first-order valence-corrected chi connectivity index (χ1v) is 20.1. The van der Waals surface area contributed by atoms with Crippen molar-refractivity contribution in [3.63, 3.8) is 0 Å². The average Bonchev–Trinajstić information content (AvgIpc) is 3.80. The van der Waals surface area contributed by atoms with Crippen molar-refractivity contribution in [3.8, 4) is 0 Å². The summed E-state index contributed by atoms with van der Waals surface area (Å²) < 4.78 is 22.9. The maximum absolute atomic E-state index is 12.7. The van der Waals surface area contributed by atoms with Gasteiger partial charge in [0.1, 0.15) is 0 Å². The van der Waals surface area contributed by atoms with Crippen LogP contribution in [-0.2, 0) is 28.5 Å². The molecule has 8 heteroatoms. The fourth-order valence-corrected chi connectivity index (χ4v) is 7.91. The number of rotatable bonds is 27. The van der Waals surface area contributed by atoms with E-state index in [-0.39, 0.29) is 53.6 Å². The molecule has 3 aliphatic rings. The van der Waals surface area contributed by atoms with Crippen LogP contribution in [0.25, 0.3) is 0 Å². The van der Waals surface area contributed by atoms with Crippen molar-refractivity contribution >= 4 is 11.6 Å². The fourth-order valence-electron chi connectivity index (χ4n) is 7.91. The monoisotopic (exact) mass is 692 g/mol. The molecule has 2 aliphatic heterocycles. The molecule has 1 aliphatic carbocycles. The average molecular weight is 692 g/mol. The number of ether oxygens (including phenoxy) is 4. The van der Waals surface area contributed by atoms with Gasteiger partial charge in [-0.15, -0.1) is 0 Å². The molecule has 0 unspecified atom stereocenters. The van der Waals surface area contributed by atoms with E-state index < -0.39 is 6.10 Å². The predicted octanol–water partition coefficient (Wildman–Crippen LogP) is 8.99. The molecule has 2 N–H and O–H groups in total. The summed E-state index contributed by atoms with van der Waals surface area (Å²) in [5.74, 6) is -0.455. The minimum atomic E-state index is -0.407. The van der Waals surface area contributed by atoms with Gasteiger partial charge in [0, 0.05) is 11.1 Å². The van der Waals surface area contributed by atoms with E-state index >= 15 is 0 Å². The first-order valence-electron chi connectivity index (χ1n) is 20.1. The lowest BCUT2D eigenvalue weighted by molar-refractivity contribution is -0.121. The van der Waals surface area contributed by atoms with Crippen molar-refractivity contribution in [2.45, 2.75) is 211 Å². The molecule has 0 spiro atoms. The van der Waals surface area contributed by atoms with E-state index in [4.69, 9.17) is 18.9 Å². The number of methoxy groups -OCH3 is 2. The molecular formula is C41H70O8. The molecule has 0 bridgehead atoms. The van der Waals surface area contributed by atoms with E-state index in [2.05, 4.69) is 6.92 Å². The quantitative estimate of drug-likeness (QED) is 0.0499. The molecule has 0 aromatic rings. The molecule has 6 atom stereocenters. The number of hydrogen-bond donors (Lipinski definition) is 2. The molecule has 0 radical (unpaired) electrons. The Hall–Kier alpha value is -1.74. The number of allylic oxidation sites excluding steroid dienone is 2. The lowest BCUT2D eigenvalue weighted by atomic mass is 9.97. The number of ketones is 2. The SMILES string of the molecule is CCCCCCCCCC[C@@H](O)[C@H]1CC[C@H]([C@H]2CC[C@H]([C@H](O)CCCCCCCCCCCCC3=C(C)C(=O)C(OC)=C(OC)[13C]3=O)O2)O1. The van der Waals surface area contributed by atoms with E-state index in [9.17, 15) is 19.8 Å². The zero-order valence-electron chi connectivity index (χ0n) is 31.5. The Kier molecular flexibility index (Phi) is 20.1. The molecule has 282 valence electrons. The Labute approximate surface area is 297 Å². The number of aliphatic hydroxyl groups excluding tert-OH is 2. The summed E-state index contributed by atoms with van der Waals surface area (Å²) in [5, 5.41) is 21.5. The minimum absolute atomic E-state index is 0.00567. The van der Waals surface area contributed by atoms with Crippen LogP contribution in [0.1, 0.15) is 174 Å². The summed E-state index contributed by atoms with van der Waals surface area (Å²) in [6.07, 6.45) is 26.5. The maximum atomic E-state index is 12.7. The van der Waals surface area contributed by atoms with Crippen LogP contribution in [-0.4, -0.2) is 72.6 Å². The molecule has 0 saturated carbocycles. The number of carbonyl (C=O) groups is 2. The molecule has 2 fully saturated rings. The molecule has 0 aromatic carbocycles. The summed E-state index contributed by atoms with van der Waals surface area (Å²) in [6.45, 7) is 3.95. The zero-order chi connectivity index (χ0) is 35.4. The van der Waals surface area contributed by atoms with Crippen LogP contribution < -0.4 is 0 Å². The highest BCUT2D eigenvalue weighted by atomic mass is 16.6. The first-order chi connectivity index (χ1) is 23.8. The van der Waals surface area contributed by atoms with E-state index in [0.29, 0.717) is 17.6 Å². The molecule has 3 rings (SSSR count). The Bertz CT molecular complexity index is 1030. The van der Waals surface area contributed by atoms with Gasteiger partial charge in [-0.1, -0.05) is 116 Å². The van der Waals surface area contributed by atoms with Crippen LogP contribution in [0.3, 0.4) is 0 Å². The Balaban J connectivity index is 1.15. The minimum Gasteiger partial charge on any atom is -0.489 e. The Morgan fingerprint density at radius 2 is 0.980 bits per heavy atom. The highest BCUT2D eigenvalue weighted by Gasteiger charge is 2.40. The van der Waals surface area contributed by atoms with Crippen molar-refractivity contribution in [1.29, 1.82) is 0 Å². The van der Waals surface area contributed by atoms with Gasteiger partial charge in [0.25, 0.3) is 0 Å². The summed E-state index contributed by atoms with van der Waals surface area (Å²) >= 11 is 0. The topological polar surface area (TPSA) is 112 Å². The molecular weight excluding hydrogens is 621 g/mol. The standard InChI is InChI=1S/C41H70O8/c1-5-6-7-8-9-15-18-21-24-32(42)34-26-28-36(48-34)37-29-27-35(49-37)33(43)25-22-19-16-13-11-10-12-14-17-20-23-31-30(2)38(44)40(46-3)41(47-4)39(31)45/h32-37,42-43H,5-29H2,1-4H3/t32-,33-,34-,35-,36-,37-/m1/s1/i39+1. The van der Waals surface area contributed by atoms with Gasteiger partial charge in [0.2, 0.25) is 23.1 Å². The Morgan fingerprint density at radius 1 is 0.592 bits per heavy atom. The van der Waals surface area contributed by atoms with Gasteiger partial charge in [0.05, 0.1) is 50.8 Å². The summed E-state index contributed by atoms with van der Waals surface area (Å²) in [5.41, 5.74) is 1.03. The van der Waals surface area contributed by atoms with E-state index in [1.54, 1.807) is 6.92 Å². The summed E-state index contributed by atoms with van der Waals surface area (Å²) in [6, 6.07) is 0. The van der Waals surface area contributed by atoms with Gasteiger partial charge < -0.3 is 29.2 Å². The van der Waals surface area contributed by atoms with Crippen LogP contribution in [0.15, 0.2) is 22.7 Å². The van der Waals surface area contributed by atoms with Crippen molar-refractivity contribution in [2.24, 2.45) is 0 Å². The largest absolute Gasteiger partial charge is 0.489 e. The fraction of sp³-hybridized carbons (Fsp3) is 0.854. The molecule has 8 nitrogen and oxygen atoms in total. The highest BCUT2D eigenvalue weighted by Crippen LogP contribution is 2.35. The number of hydrogen-bond acceptors (Lipinski definition) is 8. The normalized spacial score (nSPS) is 24.3. The van der Waals surface area contributed by atoms with E-state index in [1.807, 2.05) is 0 Å². The number of Topliss-reactive ketones (excluding diaryl/α,β-unsaturated/α-hetero) is 2. The van der Waals surface area contributed by atoms with Crippen LogP contribution in [0.5, 0.6) is 0 Å². The first kappa shape index (κ1) is 41.7. The third-order valence-electron chi connectivity index (χ3n) is 11.1. The van der Waals surface area contributed by atoms with Crippen LogP contribution in [0.4, 0.5) is 0 Å². The molecule has 49 heavy (non-hydrogen) atoms. The van der Waals surface area contributed by atoms with E-state index in [1.165, 1.54) is 91.3 Å². The second kappa shape index (κ2) is 23.7. The molecule has 2 heterocycles. The summed E-state index contributed by atoms with van der Waals surface area (Å²) in [7, 11) is 2.78. The maximum Gasteiger partial charge on any atom is 0.228 e. The third-order valence-corrected chi connectivity index (χ3v) is 11.1. The number of unbranched alkanes of at least 4 members (excludes halogenated alkanes) is 16. The van der Waals surface area contributed by atoms with Crippen LogP contribution in [0.2, 0.25) is 0 Å². The van der Waals surface area contributed by atoms with Gasteiger partial charge in [-0.2, -0.15) is 0 Å². The van der Waals surface area contributed by atoms with Gasteiger partial charge in [-0.05, 0) is 58.3 Å². The molecule has 2 saturated heterocycles. The second-order valence-electron chi connectivity index (χ2n) is 14.9. The zero-order valence-corrected chi connectivity index (χ0v) is 31.5. The van der Waals surface area contributed by atoms with Crippen LogP contribution >= 0.6 is 0 Å². The van der Waals surface area contributed by atoms with Gasteiger partial charge >= 0.3 is 0 Å². The summed E-state index contributed by atoms with van der Waals surface area (Å²) in [4.78, 5) is 25.3. The van der Waals surface area contributed by atoms with Crippen molar-refractivity contribution in [3.05, 3.63) is 22.7 Å². The highest BCUT2D eigenvalue weighted by molar-refractivity contribution is 6.23. The van der Waals surface area contributed by atoms with Crippen molar-refractivity contribution < 1.29 is 38.7 Å². The van der Waals surface area contributed by atoms with Crippen molar-refractivity contribution in [1.82, 2.24) is 0 Å². The molecule has 0 aromatic heterocycles. The Morgan fingerprint density at radius 3 is 1.41 bits per heavy atom. The number of carbonyl (C=O) groups excluding carboxylic acids is 2. The third kappa shape index (κ3) is 13.7. The van der Waals surface area contributed by atoms with Gasteiger partial charge in [0.15, 0.2) is 0 Å². The van der Waals surface area contributed by atoms with Gasteiger partial charge in [-0.3, -0.25) is 9.59 Å². The van der Waals surface area contributed by atoms with Crippen molar-refractivity contribution in [2.75, 3.05) is 14.2 Å². The second-order valence-corrected chi connectivity index (χ2v) is 14.9. The predicted molar refractivity (Wildman–Crippen MR) is 194 cm³/mol. The van der Waals surface area contributed by atoms with Gasteiger partial charge in [-0.25, -0.2) is 0 Å². The molecule has 0 amide bonds.